The van der Waals surface area contributed by atoms with Crippen molar-refractivity contribution in [1.29, 1.82) is 0 Å². The minimum absolute atomic E-state index is 0.170. The van der Waals surface area contributed by atoms with E-state index in [2.05, 4.69) is 5.32 Å². The lowest BCUT2D eigenvalue weighted by atomic mass is 10.2. The van der Waals surface area contributed by atoms with E-state index < -0.39 is 16.1 Å². The molecule has 7 heteroatoms. The van der Waals surface area contributed by atoms with Crippen molar-refractivity contribution < 1.29 is 18.3 Å². The Labute approximate surface area is 126 Å². The minimum atomic E-state index is -3.73. The van der Waals surface area contributed by atoms with Crippen molar-refractivity contribution in [3.05, 3.63) is 60.8 Å². The molecule has 0 aliphatic heterocycles. The molecule has 6 nitrogen and oxygen atoms in total. The molecular formula is C15H12N2O4S. The van der Waals surface area contributed by atoms with Crippen molar-refractivity contribution in [1.82, 2.24) is 3.97 Å². The number of fused-ring (bicyclic) bond motifs is 1. The third-order valence-corrected chi connectivity index (χ3v) is 4.91. The number of rotatable bonds is 3. The summed E-state index contributed by atoms with van der Waals surface area (Å²) in [5, 5.41) is 11.7. The second-order valence-electron chi connectivity index (χ2n) is 4.63. The normalized spacial score (nSPS) is 11.5. The van der Waals surface area contributed by atoms with Crippen LogP contribution in [-0.2, 0) is 10.0 Å². The number of anilines is 1. The number of nitrogens with zero attached hydrogens (tertiary/aromatic N) is 1. The van der Waals surface area contributed by atoms with Crippen LogP contribution in [0.2, 0.25) is 0 Å². The van der Waals surface area contributed by atoms with Gasteiger partial charge in [-0.15, -0.1) is 0 Å². The number of aromatic nitrogens is 1. The van der Waals surface area contributed by atoms with E-state index in [-0.39, 0.29) is 4.90 Å². The van der Waals surface area contributed by atoms with Crippen LogP contribution in [0, 0.1) is 0 Å². The quantitative estimate of drug-likeness (QED) is 0.777. The second-order valence-corrected chi connectivity index (χ2v) is 6.45. The Kier molecular flexibility index (Phi) is 3.34. The van der Waals surface area contributed by atoms with Crippen molar-refractivity contribution in [3.8, 4) is 0 Å². The van der Waals surface area contributed by atoms with E-state index in [4.69, 9.17) is 5.11 Å². The van der Waals surface area contributed by atoms with Gasteiger partial charge < -0.3 is 5.11 Å². The third kappa shape index (κ3) is 2.42. The van der Waals surface area contributed by atoms with E-state index in [0.717, 1.165) is 3.97 Å². The zero-order chi connectivity index (χ0) is 15.7. The molecule has 2 aromatic carbocycles. The molecule has 0 aliphatic rings. The minimum Gasteiger partial charge on any atom is -0.465 e. The maximum absolute atomic E-state index is 12.7. The fourth-order valence-corrected chi connectivity index (χ4v) is 3.59. The molecule has 0 fully saturated rings. The van der Waals surface area contributed by atoms with Gasteiger partial charge in [0.2, 0.25) is 0 Å². The molecule has 0 radical (unpaired) electrons. The highest BCUT2D eigenvalue weighted by atomic mass is 32.2. The Bertz CT molecular complexity index is 946. The summed E-state index contributed by atoms with van der Waals surface area (Å²) in [7, 11) is -3.73. The van der Waals surface area contributed by atoms with Crippen molar-refractivity contribution in [3.63, 3.8) is 0 Å². The van der Waals surface area contributed by atoms with Crippen LogP contribution in [0.25, 0.3) is 10.9 Å². The molecule has 112 valence electrons. The first-order valence-electron chi connectivity index (χ1n) is 6.40. The van der Waals surface area contributed by atoms with Crippen molar-refractivity contribution >= 4 is 32.7 Å². The molecule has 1 aromatic heterocycles. The molecule has 0 bridgehead atoms. The fourth-order valence-electron chi connectivity index (χ4n) is 2.22. The topological polar surface area (TPSA) is 88.4 Å². The van der Waals surface area contributed by atoms with Gasteiger partial charge in [0.05, 0.1) is 10.4 Å². The van der Waals surface area contributed by atoms with E-state index in [0.29, 0.717) is 16.6 Å². The molecule has 0 unspecified atom stereocenters. The number of nitrogens with one attached hydrogen (secondary N) is 1. The standard InChI is InChI=1S/C15H12N2O4S/c18-15(19)16-12-7-6-11-8-9-17(14(11)10-12)22(20,21)13-4-2-1-3-5-13/h1-10,16H,(H,18,19). The lowest BCUT2D eigenvalue weighted by molar-refractivity contribution is 0.210. The molecule has 0 saturated carbocycles. The Balaban J connectivity index is 2.17. The van der Waals surface area contributed by atoms with Crippen molar-refractivity contribution in [2.75, 3.05) is 5.32 Å². The summed E-state index contributed by atoms with van der Waals surface area (Å²) in [5.41, 5.74) is 0.721. The summed E-state index contributed by atoms with van der Waals surface area (Å²) in [6, 6.07) is 14.5. The van der Waals surface area contributed by atoms with E-state index in [1.165, 1.54) is 24.4 Å². The van der Waals surface area contributed by atoms with E-state index in [1.807, 2.05) is 0 Å². The number of amides is 1. The van der Waals surface area contributed by atoms with Gasteiger partial charge in [-0.1, -0.05) is 24.3 Å². The summed E-state index contributed by atoms with van der Waals surface area (Å²) >= 11 is 0. The zero-order valence-electron chi connectivity index (χ0n) is 11.3. The van der Waals surface area contributed by atoms with Crippen LogP contribution >= 0.6 is 0 Å². The van der Waals surface area contributed by atoms with Crippen LogP contribution in [-0.4, -0.2) is 23.6 Å². The summed E-state index contributed by atoms with van der Waals surface area (Å²) in [5.74, 6) is 0. The van der Waals surface area contributed by atoms with Crippen molar-refractivity contribution in [2.24, 2.45) is 0 Å². The Morgan fingerprint density at radius 1 is 1.05 bits per heavy atom. The average Bonchev–Trinajstić information content (AvgIpc) is 2.91. The molecule has 1 heterocycles. The molecule has 3 rings (SSSR count). The van der Waals surface area contributed by atoms with Gasteiger partial charge in [0.25, 0.3) is 10.0 Å². The number of hydrogen-bond acceptors (Lipinski definition) is 3. The molecule has 1 amide bonds. The summed E-state index contributed by atoms with van der Waals surface area (Å²) in [6.45, 7) is 0. The highest BCUT2D eigenvalue weighted by molar-refractivity contribution is 7.90. The molecule has 0 saturated heterocycles. The first-order valence-corrected chi connectivity index (χ1v) is 7.84. The van der Waals surface area contributed by atoms with E-state index in [1.54, 1.807) is 36.4 Å². The van der Waals surface area contributed by atoms with Crippen LogP contribution in [0.1, 0.15) is 0 Å². The Morgan fingerprint density at radius 2 is 1.77 bits per heavy atom. The summed E-state index contributed by atoms with van der Waals surface area (Å²) < 4.78 is 26.5. The molecule has 0 atom stereocenters. The Morgan fingerprint density at radius 3 is 2.45 bits per heavy atom. The van der Waals surface area contributed by atoms with Gasteiger partial charge in [0.1, 0.15) is 0 Å². The van der Waals surface area contributed by atoms with Gasteiger partial charge >= 0.3 is 6.09 Å². The maximum Gasteiger partial charge on any atom is 0.409 e. The summed E-state index contributed by atoms with van der Waals surface area (Å²) in [6.07, 6.45) is 0.251. The van der Waals surface area contributed by atoms with E-state index >= 15 is 0 Å². The van der Waals surface area contributed by atoms with Crippen LogP contribution in [0.5, 0.6) is 0 Å². The first kappa shape index (κ1) is 14.2. The molecular weight excluding hydrogens is 304 g/mol. The number of hydrogen-bond donors (Lipinski definition) is 2. The van der Waals surface area contributed by atoms with Crippen LogP contribution in [0.15, 0.2) is 65.7 Å². The number of carbonyl (C=O) groups is 1. The largest absolute Gasteiger partial charge is 0.465 e. The van der Waals surface area contributed by atoms with Gasteiger partial charge in [-0.3, -0.25) is 5.32 Å². The van der Waals surface area contributed by atoms with Crippen molar-refractivity contribution in [2.45, 2.75) is 4.90 Å². The molecule has 3 aromatic rings. The van der Waals surface area contributed by atoms with Crippen LogP contribution in [0.3, 0.4) is 0 Å². The highest BCUT2D eigenvalue weighted by Crippen LogP contribution is 2.24. The number of carboxylic acid groups (broad SMARTS) is 1. The molecule has 2 N–H and O–H groups in total. The number of benzene rings is 2. The van der Waals surface area contributed by atoms with E-state index in [9.17, 15) is 13.2 Å². The molecule has 0 spiro atoms. The van der Waals surface area contributed by atoms with Gasteiger partial charge in [-0.2, -0.15) is 0 Å². The predicted molar refractivity (Wildman–Crippen MR) is 82.6 cm³/mol. The lowest BCUT2D eigenvalue weighted by Gasteiger charge is -2.08. The maximum atomic E-state index is 12.7. The fraction of sp³-hybridized carbons (Fsp3) is 0. The van der Waals surface area contributed by atoms with Gasteiger partial charge in [-0.05, 0) is 30.3 Å². The highest BCUT2D eigenvalue weighted by Gasteiger charge is 2.18. The van der Waals surface area contributed by atoms with Crippen LogP contribution < -0.4 is 5.32 Å². The van der Waals surface area contributed by atoms with Gasteiger partial charge in [-0.25, -0.2) is 17.2 Å². The third-order valence-electron chi connectivity index (χ3n) is 3.21. The first-order chi connectivity index (χ1) is 10.5. The Hall–Kier alpha value is -2.80. The lowest BCUT2D eigenvalue weighted by Crippen LogP contribution is -2.12. The SMILES string of the molecule is O=C(O)Nc1ccc2ccn(S(=O)(=O)c3ccccc3)c2c1. The van der Waals surface area contributed by atoms with Gasteiger partial charge in [0.15, 0.2) is 0 Å². The molecule has 0 aliphatic carbocycles. The summed E-state index contributed by atoms with van der Waals surface area (Å²) in [4.78, 5) is 10.9. The van der Waals surface area contributed by atoms with Crippen LogP contribution in [0.4, 0.5) is 10.5 Å². The monoisotopic (exact) mass is 316 g/mol. The molecule has 22 heavy (non-hydrogen) atoms. The van der Waals surface area contributed by atoms with Gasteiger partial charge in [0, 0.05) is 17.3 Å². The smallest absolute Gasteiger partial charge is 0.409 e. The average molecular weight is 316 g/mol. The predicted octanol–water partition coefficient (Wildman–Crippen LogP) is 2.97. The zero-order valence-corrected chi connectivity index (χ0v) is 12.1. The second kappa shape index (κ2) is 5.19.